The van der Waals surface area contributed by atoms with Crippen molar-refractivity contribution in [3.05, 3.63) is 76.8 Å². The summed E-state index contributed by atoms with van der Waals surface area (Å²) >= 11 is 5.95. The molecule has 4 amide bonds. The maximum Gasteiger partial charge on any atom is 0.416 e. The van der Waals surface area contributed by atoms with Crippen LogP contribution in [0.2, 0.25) is 5.02 Å². The zero-order valence-electron chi connectivity index (χ0n) is 15.7. The zero-order valence-corrected chi connectivity index (χ0v) is 16.5. The minimum atomic E-state index is -4.72. The largest absolute Gasteiger partial charge is 0.490 e. The van der Waals surface area contributed by atoms with Crippen molar-refractivity contribution >= 4 is 41.2 Å². The number of halogens is 4. The Morgan fingerprint density at radius 2 is 1.77 bits per heavy atom. The SMILES string of the molecule is C=CCOc1ccc(/C=C2/C(=O)NC(=O)N(c3cc(C(F)(F)F)ccc3Cl)C2=O)cc1. The average molecular weight is 451 g/mol. The Labute approximate surface area is 179 Å². The van der Waals surface area contributed by atoms with Crippen molar-refractivity contribution < 1.29 is 32.3 Å². The first-order valence-electron chi connectivity index (χ1n) is 8.74. The molecule has 0 saturated carbocycles. The number of amides is 4. The highest BCUT2D eigenvalue weighted by molar-refractivity contribution is 6.42. The molecule has 1 fully saturated rings. The second-order valence-corrected chi connectivity index (χ2v) is 6.70. The van der Waals surface area contributed by atoms with Gasteiger partial charge in [-0.1, -0.05) is 36.4 Å². The van der Waals surface area contributed by atoms with Gasteiger partial charge in [-0.15, -0.1) is 0 Å². The fourth-order valence-electron chi connectivity index (χ4n) is 2.72. The molecule has 0 atom stereocenters. The number of anilines is 1. The lowest BCUT2D eigenvalue weighted by Gasteiger charge is -2.27. The van der Waals surface area contributed by atoms with E-state index < -0.39 is 40.8 Å². The molecule has 0 radical (unpaired) electrons. The molecule has 0 aliphatic carbocycles. The standard InChI is InChI=1S/C21H14ClF3N2O4/c1-2-9-31-14-6-3-12(4-7-14)10-15-18(28)26-20(30)27(19(15)29)17-11-13(21(23,24)25)5-8-16(17)22/h2-8,10-11H,1,9H2,(H,26,28,30)/b15-10-. The van der Waals surface area contributed by atoms with Crippen LogP contribution in [0, 0.1) is 0 Å². The van der Waals surface area contributed by atoms with Gasteiger partial charge in [-0.05, 0) is 42.0 Å². The van der Waals surface area contributed by atoms with E-state index >= 15 is 0 Å². The maximum atomic E-state index is 13.1. The molecule has 3 rings (SSSR count). The molecular formula is C21H14ClF3N2O4. The monoisotopic (exact) mass is 450 g/mol. The van der Waals surface area contributed by atoms with Crippen molar-refractivity contribution in [2.45, 2.75) is 6.18 Å². The van der Waals surface area contributed by atoms with Crippen molar-refractivity contribution in [3.8, 4) is 5.75 Å². The molecule has 1 saturated heterocycles. The Kier molecular flexibility index (Phi) is 6.16. The van der Waals surface area contributed by atoms with Crippen molar-refractivity contribution in [2.75, 3.05) is 11.5 Å². The van der Waals surface area contributed by atoms with Crippen LogP contribution in [0.25, 0.3) is 6.08 Å². The minimum absolute atomic E-state index is 0.270. The third-order valence-electron chi connectivity index (χ3n) is 4.17. The molecule has 2 aromatic carbocycles. The third-order valence-corrected chi connectivity index (χ3v) is 4.49. The fraction of sp³-hybridized carbons (Fsp3) is 0.0952. The summed E-state index contributed by atoms with van der Waals surface area (Å²) in [5.74, 6) is -1.57. The van der Waals surface area contributed by atoms with Gasteiger partial charge in [0.05, 0.1) is 16.3 Å². The Balaban J connectivity index is 1.98. The number of nitrogens with zero attached hydrogens (tertiary/aromatic N) is 1. The molecule has 10 heteroatoms. The van der Waals surface area contributed by atoms with E-state index in [1.54, 1.807) is 30.3 Å². The molecule has 0 unspecified atom stereocenters. The number of barbiturate groups is 1. The molecule has 0 spiro atoms. The maximum absolute atomic E-state index is 13.1. The number of carbonyl (C=O) groups is 3. The Bertz CT molecular complexity index is 1090. The average Bonchev–Trinajstić information content (AvgIpc) is 2.70. The number of carbonyl (C=O) groups excluding carboxylic acids is 3. The molecule has 1 aliphatic rings. The molecular weight excluding hydrogens is 437 g/mol. The lowest BCUT2D eigenvalue weighted by Crippen LogP contribution is -2.54. The number of benzene rings is 2. The molecule has 2 aromatic rings. The quantitative estimate of drug-likeness (QED) is 0.411. The highest BCUT2D eigenvalue weighted by Gasteiger charge is 2.39. The zero-order chi connectivity index (χ0) is 22.8. The van der Waals surface area contributed by atoms with Gasteiger partial charge < -0.3 is 4.74 Å². The highest BCUT2D eigenvalue weighted by atomic mass is 35.5. The Morgan fingerprint density at radius 1 is 1.10 bits per heavy atom. The number of urea groups is 1. The van der Waals surface area contributed by atoms with Crippen LogP contribution in [0.15, 0.2) is 60.7 Å². The number of alkyl halides is 3. The molecule has 0 bridgehead atoms. The van der Waals surface area contributed by atoms with Crippen molar-refractivity contribution in [2.24, 2.45) is 0 Å². The van der Waals surface area contributed by atoms with Crippen LogP contribution in [-0.2, 0) is 15.8 Å². The van der Waals surface area contributed by atoms with Crippen LogP contribution in [0.1, 0.15) is 11.1 Å². The van der Waals surface area contributed by atoms with Crippen LogP contribution in [0.4, 0.5) is 23.7 Å². The topological polar surface area (TPSA) is 75.7 Å². The van der Waals surface area contributed by atoms with Crippen LogP contribution in [0.5, 0.6) is 5.75 Å². The van der Waals surface area contributed by atoms with Gasteiger partial charge in [-0.3, -0.25) is 14.9 Å². The number of hydrogen-bond acceptors (Lipinski definition) is 4. The van der Waals surface area contributed by atoms with E-state index in [0.29, 0.717) is 22.3 Å². The van der Waals surface area contributed by atoms with E-state index in [9.17, 15) is 27.6 Å². The summed E-state index contributed by atoms with van der Waals surface area (Å²) in [6.45, 7) is 3.82. The van der Waals surface area contributed by atoms with Crippen LogP contribution in [0.3, 0.4) is 0 Å². The predicted molar refractivity (Wildman–Crippen MR) is 108 cm³/mol. The lowest BCUT2D eigenvalue weighted by molar-refractivity contribution is -0.137. The summed E-state index contributed by atoms with van der Waals surface area (Å²) in [5, 5.41) is 1.67. The van der Waals surface area contributed by atoms with E-state index in [0.717, 1.165) is 12.1 Å². The number of nitrogens with one attached hydrogen (secondary N) is 1. The van der Waals surface area contributed by atoms with Gasteiger partial charge in [0.1, 0.15) is 17.9 Å². The van der Waals surface area contributed by atoms with E-state index in [4.69, 9.17) is 16.3 Å². The summed E-state index contributed by atoms with van der Waals surface area (Å²) in [6, 6.07) is 7.30. The molecule has 6 nitrogen and oxygen atoms in total. The molecule has 1 heterocycles. The second kappa shape index (κ2) is 8.65. The summed E-state index contributed by atoms with van der Waals surface area (Å²) < 4.78 is 44.5. The van der Waals surface area contributed by atoms with Gasteiger partial charge >= 0.3 is 12.2 Å². The number of ether oxygens (including phenoxy) is 1. The molecule has 1 N–H and O–H groups in total. The molecule has 31 heavy (non-hydrogen) atoms. The third kappa shape index (κ3) is 4.77. The lowest BCUT2D eigenvalue weighted by atomic mass is 10.1. The number of imide groups is 2. The first-order chi connectivity index (χ1) is 14.6. The van der Waals surface area contributed by atoms with Gasteiger partial charge in [0.2, 0.25) is 0 Å². The Morgan fingerprint density at radius 3 is 2.39 bits per heavy atom. The van der Waals surface area contributed by atoms with Crippen LogP contribution >= 0.6 is 11.6 Å². The van der Waals surface area contributed by atoms with Gasteiger partial charge in [0.25, 0.3) is 11.8 Å². The summed E-state index contributed by atoms with van der Waals surface area (Å²) in [6.07, 6.45) is -1.96. The summed E-state index contributed by atoms with van der Waals surface area (Å²) in [7, 11) is 0. The van der Waals surface area contributed by atoms with Gasteiger partial charge in [-0.25, -0.2) is 9.69 Å². The molecule has 160 valence electrons. The van der Waals surface area contributed by atoms with Crippen LogP contribution < -0.4 is 15.0 Å². The molecule has 1 aliphatic heterocycles. The van der Waals surface area contributed by atoms with E-state index in [-0.39, 0.29) is 11.6 Å². The van der Waals surface area contributed by atoms with Gasteiger partial charge in [0.15, 0.2) is 0 Å². The smallest absolute Gasteiger partial charge is 0.416 e. The summed E-state index contributed by atoms with van der Waals surface area (Å²) in [5.41, 5.74) is -1.63. The van der Waals surface area contributed by atoms with Crippen molar-refractivity contribution in [1.29, 1.82) is 0 Å². The van der Waals surface area contributed by atoms with Crippen molar-refractivity contribution in [3.63, 3.8) is 0 Å². The summed E-state index contributed by atoms with van der Waals surface area (Å²) in [4.78, 5) is 37.7. The second-order valence-electron chi connectivity index (χ2n) is 6.29. The normalized spacial score (nSPS) is 15.8. The first kappa shape index (κ1) is 22.1. The predicted octanol–water partition coefficient (Wildman–Crippen LogP) is 4.59. The van der Waals surface area contributed by atoms with Crippen LogP contribution in [-0.4, -0.2) is 24.5 Å². The molecule has 0 aromatic heterocycles. The van der Waals surface area contributed by atoms with E-state index in [2.05, 4.69) is 6.58 Å². The highest BCUT2D eigenvalue weighted by Crippen LogP contribution is 2.36. The number of rotatable bonds is 5. The van der Waals surface area contributed by atoms with Gasteiger partial charge in [-0.2, -0.15) is 13.2 Å². The fourth-order valence-corrected chi connectivity index (χ4v) is 2.92. The Hall–Kier alpha value is -3.59. The van der Waals surface area contributed by atoms with E-state index in [1.807, 2.05) is 5.32 Å². The minimum Gasteiger partial charge on any atom is -0.490 e. The van der Waals surface area contributed by atoms with Crippen molar-refractivity contribution in [1.82, 2.24) is 5.32 Å². The number of hydrogen-bond donors (Lipinski definition) is 1. The van der Waals surface area contributed by atoms with Gasteiger partial charge in [0, 0.05) is 0 Å². The first-order valence-corrected chi connectivity index (χ1v) is 9.11. The van der Waals surface area contributed by atoms with E-state index in [1.165, 1.54) is 6.08 Å².